The van der Waals surface area contributed by atoms with Crippen LogP contribution < -0.4 is 0 Å². The SMILES string of the molecule is Cc1ccc(-c2cc(C(F)F)nn2-c2ccc(S)cc2)cc1. The molecule has 5 heteroatoms. The Morgan fingerprint density at radius 1 is 1.00 bits per heavy atom. The molecule has 0 N–H and O–H groups in total. The summed E-state index contributed by atoms with van der Waals surface area (Å²) >= 11 is 4.24. The van der Waals surface area contributed by atoms with E-state index < -0.39 is 6.43 Å². The molecule has 3 rings (SSSR count). The molecule has 1 heterocycles. The van der Waals surface area contributed by atoms with E-state index in [1.165, 1.54) is 6.07 Å². The second kappa shape index (κ2) is 5.93. The quantitative estimate of drug-likeness (QED) is 0.668. The molecular weight excluding hydrogens is 302 g/mol. The molecule has 0 saturated heterocycles. The largest absolute Gasteiger partial charge is 0.282 e. The van der Waals surface area contributed by atoms with Gasteiger partial charge < -0.3 is 0 Å². The fourth-order valence-corrected chi connectivity index (χ4v) is 2.38. The monoisotopic (exact) mass is 316 g/mol. The van der Waals surface area contributed by atoms with Gasteiger partial charge in [-0.3, -0.25) is 0 Å². The van der Waals surface area contributed by atoms with Crippen LogP contribution in [0.2, 0.25) is 0 Å². The Morgan fingerprint density at radius 2 is 1.64 bits per heavy atom. The number of aryl methyl sites for hydroxylation is 1. The molecule has 0 unspecified atom stereocenters. The average Bonchev–Trinajstić information content (AvgIpc) is 2.94. The van der Waals surface area contributed by atoms with E-state index in [4.69, 9.17) is 0 Å². The molecule has 0 spiro atoms. The Hall–Kier alpha value is -2.14. The van der Waals surface area contributed by atoms with Crippen LogP contribution in [0, 0.1) is 6.92 Å². The molecule has 22 heavy (non-hydrogen) atoms. The van der Waals surface area contributed by atoms with Gasteiger partial charge in [-0.1, -0.05) is 29.8 Å². The number of benzene rings is 2. The van der Waals surface area contributed by atoms with Gasteiger partial charge in [-0.25, -0.2) is 13.5 Å². The smallest absolute Gasteiger partial charge is 0.233 e. The lowest BCUT2D eigenvalue weighted by Crippen LogP contribution is -1.99. The van der Waals surface area contributed by atoms with E-state index >= 15 is 0 Å². The minimum absolute atomic E-state index is 0.231. The first kappa shape index (κ1) is 14.8. The van der Waals surface area contributed by atoms with Gasteiger partial charge in [-0.15, -0.1) is 12.6 Å². The highest BCUT2D eigenvalue weighted by molar-refractivity contribution is 7.80. The van der Waals surface area contributed by atoms with Crippen molar-refractivity contribution in [2.24, 2.45) is 0 Å². The van der Waals surface area contributed by atoms with Crippen LogP contribution in [0.1, 0.15) is 17.7 Å². The zero-order valence-corrected chi connectivity index (χ0v) is 12.8. The first-order valence-electron chi connectivity index (χ1n) is 6.79. The summed E-state index contributed by atoms with van der Waals surface area (Å²) in [5.74, 6) is 0. The topological polar surface area (TPSA) is 17.8 Å². The predicted molar refractivity (Wildman–Crippen MR) is 85.9 cm³/mol. The van der Waals surface area contributed by atoms with E-state index in [0.717, 1.165) is 21.7 Å². The van der Waals surface area contributed by atoms with Crippen LogP contribution in [0.15, 0.2) is 59.5 Å². The number of hydrogen-bond donors (Lipinski definition) is 1. The number of rotatable bonds is 3. The number of hydrogen-bond acceptors (Lipinski definition) is 2. The van der Waals surface area contributed by atoms with Crippen molar-refractivity contribution < 1.29 is 8.78 Å². The molecule has 2 aromatic carbocycles. The van der Waals surface area contributed by atoms with Crippen molar-refractivity contribution in [3.05, 3.63) is 65.9 Å². The minimum Gasteiger partial charge on any atom is -0.233 e. The van der Waals surface area contributed by atoms with Gasteiger partial charge >= 0.3 is 0 Å². The summed E-state index contributed by atoms with van der Waals surface area (Å²) in [5.41, 5.74) is 3.09. The van der Waals surface area contributed by atoms with E-state index in [9.17, 15) is 8.78 Å². The van der Waals surface area contributed by atoms with Crippen molar-refractivity contribution >= 4 is 12.6 Å². The fraction of sp³-hybridized carbons (Fsp3) is 0.118. The number of aromatic nitrogens is 2. The van der Waals surface area contributed by atoms with E-state index in [-0.39, 0.29) is 5.69 Å². The van der Waals surface area contributed by atoms with Crippen molar-refractivity contribution in [1.29, 1.82) is 0 Å². The summed E-state index contributed by atoms with van der Waals surface area (Å²) in [6, 6.07) is 16.4. The van der Waals surface area contributed by atoms with Crippen LogP contribution in [0.4, 0.5) is 8.78 Å². The van der Waals surface area contributed by atoms with Crippen LogP contribution in [0.5, 0.6) is 0 Å². The normalized spacial score (nSPS) is 11.1. The Kier molecular flexibility index (Phi) is 3.98. The van der Waals surface area contributed by atoms with Gasteiger partial charge in [0.2, 0.25) is 0 Å². The molecule has 0 fully saturated rings. The molecule has 0 amide bonds. The number of thiol groups is 1. The molecular formula is C17H14F2N2S. The minimum atomic E-state index is -2.60. The van der Waals surface area contributed by atoms with Gasteiger partial charge in [-0.05, 0) is 37.3 Å². The second-order valence-electron chi connectivity index (χ2n) is 5.05. The van der Waals surface area contributed by atoms with Gasteiger partial charge in [0.05, 0.1) is 11.4 Å². The fourth-order valence-electron chi connectivity index (χ4n) is 2.23. The summed E-state index contributed by atoms with van der Waals surface area (Å²) < 4.78 is 27.6. The molecule has 0 aliphatic heterocycles. The van der Waals surface area contributed by atoms with Crippen molar-refractivity contribution in [1.82, 2.24) is 9.78 Å². The molecule has 0 saturated carbocycles. The van der Waals surface area contributed by atoms with Crippen molar-refractivity contribution in [2.45, 2.75) is 18.2 Å². The third kappa shape index (κ3) is 2.90. The van der Waals surface area contributed by atoms with E-state index in [1.807, 2.05) is 43.3 Å². The van der Waals surface area contributed by atoms with Crippen molar-refractivity contribution in [2.75, 3.05) is 0 Å². The zero-order valence-electron chi connectivity index (χ0n) is 11.9. The van der Waals surface area contributed by atoms with Crippen LogP contribution >= 0.6 is 12.6 Å². The molecule has 0 radical (unpaired) electrons. The third-order valence-electron chi connectivity index (χ3n) is 3.39. The van der Waals surface area contributed by atoms with Gasteiger partial charge in [0, 0.05) is 10.5 Å². The number of nitrogens with zero attached hydrogens (tertiary/aromatic N) is 2. The van der Waals surface area contributed by atoms with Gasteiger partial charge in [0.1, 0.15) is 5.69 Å². The Bertz CT molecular complexity index is 714. The molecule has 1 aromatic heterocycles. The van der Waals surface area contributed by atoms with Gasteiger partial charge in [0.15, 0.2) is 0 Å². The summed E-state index contributed by atoms with van der Waals surface area (Å²) in [6.45, 7) is 1.98. The lowest BCUT2D eigenvalue weighted by molar-refractivity contribution is 0.145. The molecule has 3 aromatic rings. The highest BCUT2D eigenvalue weighted by Crippen LogP contribution is 2.28. The van der Waals surface area contributed by atoms with E-state index in [0.29, 0.717) is 5.69 Å². The summed E-state index contributed by atoms with van der Waals surface area (Å²) in [5, 5.41) is 4.05. The molecule has 0 atom stereocenters. The maximum absolute atomic E-state index is 13.0. The number of alkyl halides is 2. The molecule has 112 valence electrons. The lowest BCUT2D eigenvalue weighted by atomic mass is 10.1. The molecule has 0 aliphatic carbocycles. The maximum atomic E-state index is 13.0. The third-order valence-corrected chi connectivity index (χ3v) is 3.69. The highest BCUT2D eigenvalue weighted by Gasteiger charge is 2.17. The van der Waals surface area contributed by atoms with Crippen LogP contribution in [0.25, 0.3) is 16.9 Å². The Morgan fingerprint density at radius 3 is 2.23 bits per heavy atom. The van der Waals surface area contributed by atoms with Crippen molar-refractivity contribution in [3.63, 3.8) is 0 Å². The standard InChI is InChI=1S/C17H14F2N2S/c1-11-2-4-12(5-3-11)16-10-15(17(18)19)20-21(16)13-6-8-14(22)9-7-13/h2-10,17,22H,1H3. The first-order chi connectivity index (χ1) is 10.5. The highest BCUT2D eigenvalue weighted by atomic mass is 32.1. The molecule has 0 bridgehead atoms. The summed E-state index contributed by atoms with van der Waals surface area (Å²) in [6.07, 6.45) is -2.60. The molecule has 0 aliphatic rings. The molecule has 2 nitrogen and oxygen atoms in total. The number of halogens is 2. The van der Waals surface area contributed by atoms with E-state index in [1.54, 1.807) is 16.8 Å². The van der Waals surface area contributed by atoms with Gasteiger partial charge in [0.25, 0.3) is 6.43 Å². The Balaban J connectivity index is 2.15. The van der Waals surface area contributed by atoms with Gasteiger partial charge in [-0.2, -0.15) is 5.10 Å². The summed E-state index contributed by atoms with van der Waals surface area (Å²) in [7, 11) is 0. The van der Waals surface area contributed by atoms with E-state index in [2.05, 4.69) is 17.7 Å². The lowest BCUT2D eigenvalue weighted by Gasteiger charge is -2.08. The predicted octanol–water partition coefficient (Wildman–Crippen LogP) is 5.07. The van der Waals surface area contributed by atoms with Crippen LogP contribution in [0.3, 0.4) is 0 Å². The first-order valence-corrected chi connectivity index (χ1v) is 7.24. The van der Waals surface area contributed by atoms with Crippen LogP contribution in [-0.2, 0) is 0 Å². The second-order valence-corrected chi connectivity index (χ2v) is 5.57. The van der Waals surface area contributed by atoms with Crippen molar-refractivity contribution in [3.8, 4) is 16.9 Å². The average molecular weight is 316 g/mol. The Labute approximate surface area is 132 Å². The zero-order chi connectivity index (χ0) is 15.7. The summed E-state index contributed by atoms with van der Waals surface area (Å²) in [4.78, 5) is 0.807. The maximum Gasteiger partial charge on any atom is 0.282 e. The van der Waals surface area contributed by atoms with Crippen LogP contribution in [-0.4, -0.2) is 9.78 Å².